The van der Waals surface area contributed by atoms with E-state index in [1.54, 1.807) is 32.5 Å². The summed E-state index contributed by atoms with van der Waals surface area (Å²) >= 11 is 5.43. The first-order valence-corrected chi connectivity index (χ1v) is 18.4. The third-order valence-electron chi connectivity index (χ3n) is 7.55. The van der Waals surface area contributed by atoms with E-state index in [9.17, 15) is 45.6 Å². The maximum absolute atomic E-state index is 12.3. The highest BCUT2D eigenvalue weighted by Crippen LogP contribution is 2.27. The Bertz CT molecular complexity index is 1340. The van der Waals surface area contributed by atoms with Crippen LogP contribution < -0.4 is 20.9 Å². The van der Waals surface area contributed by atoms with Crippen LogP contribution in [0.15, 0.2) is 0 Å². The van der Waals surface area contributed by atoms with E-state index in [-0.39, 0.29) is 0 Å². The SMILES string of the molecule is CCC(C)(C)C(=O)C(=O)N1CCC[C@H]1C(=O)Cl.CCC(C)(C)C(=O)C(=O)N1CCC[C@H]1C(=O)NNS(C)(=O)=O.CS(=O)(=O)NN. The summed E-state index contributed by atoms with van der Waals surface area (Å²) in [6, 6.07) is -1.46. The molecule has 2 aliphatic heterocycles. The van der Waals surface area contributed by atoms with Gasteiger partial charge in [-0.15, -0.1) is 4.83 Å². The van der Waals surface area contributed by atoms with E-state index in [0.29, 0.717) is 51.6 Å². The number of sulfonamides is 2. The number of Topliss-reactive ketones (excluding diaryl/α,β-unsaturated/α-hetero) is 2. The van der Waals surface area contributed by atoms with Gasteiger partial charge in [0.1, 0.15) is 12.1 Å². The molecule has 0 bridgehead atoms. The summed E-state index contributed by atoms with van der Waals surface area (Å²) in [6.07, 6.45) is 5.22. The second-order valence-corrected chi connectivity index (χ2v) is 15.9. The number of amides is 3. The Labute approximate surface area is 270 Å². The summed E-state index contributed by atoms with van der Waals surface area (Å²) in [6.45, 7) is 11.3. The number of nitrogens with zero attached hydrogens (tertiary/aromatic N) is 2. The number of ketones is 2. The number of rotatable bonds is 11. The van der Waals surface area contributed by atoms with Gasteiger partial charge in [0.05, 0.1) is 12.5 Å². The number of hydrazine groups is 2. The van der Waals surface area contributed by atoms with Crippen molar-refractivity contribution in [2.24, 2.45) is 16.7 Å². The minimum absolute atomic E-state index is 0.307. The Balaban J connectivity index is 0.000000744. The molecular weight excluding hydrogens is 656 g/mol. The standard InChI is InChI=1S/C13H23N3O5S.C12H18ClNO3.CH6N2O2S/c1-5-13(2,3)10(17)12(19)16-8-6-7-9(16)11(18)14-15-22(4,20)21;1-4-12(2,3)9(15)11(17)14-7-5-6-8(14)10(13)16;1-6(4,5)3-2/h9,15H,5-8H2,1-4H3,(H,14,18);8H,4-7H2,1-3H3;3H,2H2,1H3/t9-;8-;/m00./s1. The van der Waals surface area contributed by atoms with Crippen LogP contribution in [0.5, 0.6) is 0 Å². The number of hydrogen-bond acceptors (Lipinski definition) is 11. The fourth-order valence-corrected chi connectivity index (χ4v) is 4.43. The minimum Gasteiger partial charge on any atom is -0.325 e. The van der Waals surface area contributed by atoms with Crippen LogP contribution >= 0.6 is 11.6 Å². The number of carbonyl (C=O) groups is 6. The predicted molar refractivity (Wildman–Crippen MR) is 167 cm³/mol. The zero-order valence-corrected chi connectivity index (χ0v) is 29.4. The van der Waals surface area contributed by atoms with Crippen molar-refractivity contribution in [1.82, 2.24) is 24.9 Å². The topological polar surface area (TPSA) is 239 Å². The van der Waals surface area contributed by atoms with Crippen LogP contribution in [0.1, 0.15) is 80.1 Å². The molecule has 2 saturated heterocycles. The summed E-state index contributed by atoms with van der Waals surface area (Å²) in [5.41, 5.74) is 0.592. The van der Waals surface area contributed by atoms with Gasteiger partial charge in [0.25, 0.3) is 17.7 Å². The summed E-state index contributed by atoms with van der Waals surface area (Å²) in [4.78, 5) is 77.8. The molecule has 0 radical (unpaired) electrons. The van der Waals surface area contributed by atoms with Gasteiger partial charge in [-0.1, -0.05) is 41.5 Å². The van der Waals surface area contributed by atoms with Crippen LogP contribution in [0, 0.1) is 10.8 Å². The molecule has 0 saturated carbocycles. The Morgan fingerprint density at radius 3 is 1.42 bits per heavy atom. The van der Waals surface area contributed by atoms with Crippen molar-refractivity contribution in [1.29, 1.82) is 0 Å². The van der Waals surface area contributed by atoms with Gasteiger partial charge in [-0.05, 0) is 50.1 Å². The number of halogens is 1. The summed E-state index contributed by atoms with van der Waals surface area (Å²) < 4.78 is 41.5. The molecule has 0 aromatic heterocycles. The Hall–Kier alpha value is -2.51. The van der Waals surface area contributed by atoms with Crippen molar-refractivity contribution in [3.63, 3.8) is 0 Å². The first kappa shape index (κ1) is 42.5. The van der Waals surface area contributed by atoms with Crippen molar-refractivity contribution in [2.75, 3.05) is 25.6 Å². The summed E-state index contributed by atoms with van der Waals surface area (Å²) in [7, 11) is -6.72. The average Bonchev–Trinajstić information content (AvgIpc) is 3.65. The quantitative estimate of drug-likeness (QED) is 0.0945. The molecule has 2 heterocycles. The zero-order valence-electron chi connectivity index (χ0n) is 27.1. The molecule has 0 unspecified atom stereocenters. The maximum Gasteiger partial charge on any atom is 0.291 e. The number of carbonyl (C=O) groups excluding carboxylic acids is 6. The third-order valence-corrected chi connectivity index (χ3v) is 8.70. The van der Waals surface area contributed by atoms with Gasteiger partial charge in [0.15, 0.2) is 0 Å². The molecular formula is C26H47ClN6O10S2. The second kappa shape index (κ2) is 17.4. The van der Waals surface area contributed by atoms with E-state index < -0.39 is 77.5 Å². The van der Waals surface area contributed by atoms with Gasteiger partial charge in [-0.25, -0.2) is 16.8 Å². The highest BCUT2D eigenvalue weighted by atomic mass is 35.5. The molecule has 45 heavy (non-hydrogen) atoms. The van der Waals surface area contributed by atoms with E-state index in [1.807, 2.05) is 18.7 Å². The smallest absolute Gasteiger partial charge is 0.291 e. The molecule has 260 valence electrons. The van der Waals surface area contributed by atoms with Crippen molar-refractivity contribution in [3.05, 3.63) is 0 Å². The van der Waals surface area contributed by atoms with Gasteiger partial charge >= 0.3 is 0 Å². The molecule has 2 atom stereocenters. The lowest BCUT2D eigenvalue weighted by atomic mass is 9.84. The van der Waals surface area contributed by atoms with E-state index in [1.165, 1.54) is 9.80 Å². The monoisotopic (exact) mass is 702 g/mol. The predicted octanol–water partition coefficient (Wildman–Crippen LogP) is -0.279. The highest BCUT2D eigenvalue weighted by Gasteiger charge is 2.42. The number of nitrogens with one attached hydrogen (secondary N) is 3. The normalized spacial score (nSPS) is 18.6. The molecule has 0 aromatic rings. The van der Waals surface area contributed by atoms with Crippen molar-refractivity contribution >= 4 is 66.2 Å². The highest BCUT2D eigenvalue weighted by molar-refractivity contribution is 7.88. The lowest BCUT2D eigenvalue weighted by Gasteiger charge is -2.27. The Morgan fingerprint density at radius 1 is 0.756 bits per heavy atom. The molecule has 5 N–H and O–H groups in total. The van der Waals surface area contributed by atoms with Crippen LogP contribution in [0.3, 0.4) is 0 Å². The lowest BCUT2D eigenvalue weighted by Crippen LogP contribution is -2.53. The fourth-order valence-electron chi connectivity index (χ4n) is 3.92. The number of nitrogens with two attached hydrogens (primary N) is 1. The molecule has 3 amide bonds. The zero-order chi connectivity index (χ0) is 35.6. The van der Waals surface area contributed by atoms with Crippen molar-refractivity contribution < 1.29 is 45.6 Å². The van der Waals surface area contributed by atoms with Crippen molar-refractivity contribution in [3.8, 4) is 0 Å². The van der Waals surface area contributed by atoms with Crippen LogP contribution in [-0.4, -0.2) is 98.9 Å². The van der Waals surface area contributed by atoms with E-state index in [0.717, 1.165) is 12.5 Å². The Kier molecular flexibility index (Phi) is 16.4. The van der Waals surface area contributed by atoms with E-state index >= 15 is 0 Å². The van der Waals surface area contributed by atoms with Gasteiger partial charge in [-0.2, -0.15) is 4.83 Å². The first-order chi connectivity index (χ1) is 20.4. The van der Waals surface area contributed by atoms with E-state index in [2.05, 4.69) is 11.3 Å². The van der Waals surface area contributed by atoms with Gasteiger partial charge in [0, 0.05) is 23.9 Å². The molecule has 2 rings (SSSR count). The third kappa shape index (κ3) is 13.8. The summed E-state index contributed by atoms with van der Waals surface area (Å²) in [5, 5.41) is -0.557. The molecule has 16 nitrogen and oxygen atoms in total. The minimum atomic E-state index is -3.58. The van der Waals surface area contributed by atoms with E-state index in [4.69, 9.17) is 11.6 Å². The molecule has 2 aliphatic rings. The molecule has 0 aliphatic carbocycles. The van der Waals surface area contributed by atoms with Crippen LogP contribution in [0.2, 0.25) is 0 Å². The molecule has 0 spiro atoms. The molecule has 2 fully saturated rings. The van der Waals surface area contributed by atoms with Crippen LogP contribution in [0.25, 0.3) is 0 Å². The summed E-state index contributed by atoms with van der Waals surface area (Å²) in [5.74, 6) is 1.58. The Morgan fingerprint density at radius 2 is 1.11 bits per heavy atom. The average molecular weight is 703 g/mol. The fraction of sp³-hybridized carbons (Fsp3) is 0.769. The second-order valence-electron chi connectivity index (χ2n) is 12.0. The molecule has 0 aromatic carbocycles. The first-order valence-electron chi connectivity index (χ1n) is 14.2. The number of hydrogen-bond donors (Lipinski definition) is 4. The lowest BCUT2D eigenvalue weighted by molar-refractivity contribution is -0.151. The van der Waals surface area contributed by atoms with Crippen LogP contribution in [-0.2, 0) is 48.8 Å². The van der Waals surface area contributed by atoms with Gasteiger partial charge < -0.3 is 9.80 Å². The maximum atomic E-state index is 12.3. The number of likely N-dealkylation sites (tertiary alicyclic amines) is 2. The molecule has 19 heteroatoms. The van der Waals surface area contributed by atoms with Crippen molar-refractivity contribution in [2.45, 2.75) is 92.2 Å². The van der Waals surface area contributed by atoms with Crippen LogP contribution in [0.4, 0.5) is 0 Å². The van der Waals surface area contributed by atoms with Gasteiger partial charge in [-0.3, -0.25) is 40.0 Å². The van der Waals surface area contributed by atoms with Gasteiger partial charge in [0.2, 0.25) is 36.9 Å². The largest absolute Gasteiger partial charge is 0.325 e.